The molecule has 0 atom stereocenters. The fraction of sp³-hybridized carbons (Fsp3) is 0.190. The summed E-state index contributed by atoms with van der Waals surface area (Å²) in [7, 11) is 4.77. The third kappa shape index (κ3) is 3.42. The van der Waals surface area contributed by atoms with Gasteiger partial charge < -0.3 is 18.9 Å². The fourth-order valence-corrected chi connectivity index (χ4v) is 2.73. The molecule has 0 bridgehead atoms. The topological polar surface area (TPSA) is 54.0 Å². The number of carbonyl (C=O) groups excluding carboxylic acids is 1. The number of rotatable bonds is 5. The van der Waals surface area contributed by atoms with Gasteiger partial charge in [0.15, 0.2) is 0 Å². The van der Waals surface area contributed by atoms with E-state index in [1.807, 2.05) is 25.1 Å². The maximum atomic E-state index is 12.3. The molecule has 2 aromatic carbocycles. The van der Waals surface area contributed by atoms with E-state index in [0.717, 1.165) is 16.9 Å². The summed E-state index contributed by atoms with van der Waals surface area (Å²) in [6.07, 6.45) is 3.48. The molecule has 0 fully saturated rings. The first-order valence-corrected chi connectivity index (χ1v) is 8.08. The Balaban J connectivity index is 1.97. The van der Waals surface area contributed by atoms with Gasteiger partial charge in [-0.15, -0.1) is 0 Å². The summed E-state index contributed by atoms with van der Waals surface area (Å²) in [5.41, 5.74) is 3.04. The van der Waals surface area contributed by atoms with E-state index < -0.39 is 5.97 Å². The van der Waals surface area contributed by atoms with Gasteiger partial charge in [0.25, 0.3) is 0 Å². The zero-order valence-electron chi connectivity index (χ0n) is 15.2. The molecule has 0 N–H and O–H groups in total. The van der Waals surface area contributed by atoms with Crippen molar-refractivity contribution in [2.45, 2.75) is 6.92 Å². The minimum atomic E-state index is -0.405. The summed E-state index contributed by atoms with van der Waals surface area (Å²) in [5.74, 6) is 2.05. The van der Waals surface area contributed by atoms with Crippen molar-refractivity contribution in [3.63, 3.8) is 0 Å². The van der Waals surface area contributed by atoms with Gasteiger partial charge in [-0.25, -0.2) is 4.79 Å². The third-order valence-corrected chi connectivity index (χ3v) is 4.15. The van der Waals surface area contributed by atoms with E-state index in [-0.39, 0.29) is 0 Å². The van der Waals surface area contributed by atoms with Crippen LogP contribution < -0.4 is 14.2 Å². The van der Waals surface area contributed by atoms with Crippen LogP contribution in [0.3, 0.4) is 0 Å². The predicted octanol–water partition coefficient (Wildman–Crippen LogP) is 4.00. The summed E-state index contributed by atoms with van der Waals surface area (Å²) < 4.78 is 21.3. The van der Waals surface area contributed by atoms with Crippen molar-refractivity contribution >= 4 is 17.8 Å². The molecule has 5 heteroatoms. The second-order valence-electron chi connectivity index (χ2n) is 5.79. The Morgan fingerprint density at radius 3 is 2.38 bits per heavy atom. The Hall–Kier alpha value is -3.21. The van der Waals surface area contributed by atoms with Gasteiger partial charge in [-0.05, 0) is 48.4 Å². The van der Waals surface area contributed by atoms with Crippen molar-refractivity contribution < 1.29 is 23.7 Å². The van der Waals surface area contributed by atoms with Crippen molar-refractivity contribution in [3.8, 4) is 17.2 Å². The molecule has 134 valence electrons. The van der Waals surface area contributed by atoms with Crippen LogP contribution in [0, 0.1) is 6.92 Å². The lowest BCUT2D eigenvalue weighted by molar-refractivity contribution is -0.130. The molecule has 3 rings (SSSR count). The lowest BCUT2D eigenvalue weighted by Crippen LogP contribution is -1.98. The van der Waals surface area contributed by atoms with Gasteiger partial charge in [0.1, 0.15) is 23.0 Å². The fourth-order valence-electron chi connectivity index (χ4n) is 2.73. The third-order valence-electron chi connectivity index (χ3n) is 4.15. The Labute approximate surface area is 152 Å². The minimum Gasteiger partial charge on any atom is -0.497 e. The Kier molecular flexibility index (Phi) is 4.98. The predicted molar refractivity (Wildman–Crippen MR) is 99.3 cm³/mol. The molecule has 0 aromatic heterocycles. The van der Waals surface area contributed by atoms with Gasteiger partial charge in [0, 0.05) is 6.07 Å². The molecule has 0 spiro atoms. The molecule has 2 aromatic rings. The molecule has 0 saturated heterocycles. The average molecular weight is 352 g/mol. The molecule has 0 radical (unpaired) electrons. The second-order valence-corrected chi connectivity index (χ2v) is 5.79. The molecule has 1 heterocycles. The molecule has 5 nitrogen and oxygen atoms in total. The summed E-state index contributed by atoms with van der Waals surface area (Å²) in [6, 6.07) is 11.1. The highest BCUT2D eigenvalue weighted by Crippen LogP contribution is 2.35. The number of aryl methyl sites for hydroxylation is 1. The minimum absolute atomic E-state index is 0.405. The van der Waals surface area contributed by atoms with E-state index >= 15 is 0 Å². The maximum Gasteiger partial charge on any atom is 0.343 e. The number of benzene rings is 2. The molecule has 1 aliphatic heterocycles. The van der Waals surface area contributed by atoms with Crippen LogP contribution in [-0.2, 0) is 9.53 Å². The van der Waals surface area contributed by atoms with Crippen LogP contribution in [0.15, 0.2) is 48.0 Å². The lowest BCUT2D eigenvalue weighted by atomic mass is 10.1. The first kappa shape index (κ1) is 17.6. The number of ether oxygens (including phenoxy) is 4. The Morgan fingerprint density at radius 1 is 0.923 bits per heavy atom. The van der Waals surface area contributed by atoms with Gasteiger partial charge >= 0.3 is 5.97 Å². The second kappa shape index (κ2) is 7.35. The van der Waals surface area contributed by atoms with Crippen molar-refractivity contribution in [3.05, 3.63) is 64.7 Å². The van der Waals surface area contributed by atoms with Crippen molar-refractivity contribution in [2.75, 3.05) is 21.3 Å². The molecule has 1 aliphatic rings. The molecule has 0 saturated carbocycles. The van der Waals surface area contributed by atoms with Crippen LogP contribution in [0.25, 0.3) is 11.8 Å². The monoisotopic (exact) mass is 352 g/mol. The number of esters is 1. The van der Waals surface area contributed by atoms with E-state index in [9.17, 15) is 4.79 Å². The smallest absolute Gasteiger partial charge is 0.343 e. The molecular formula is C21H20O5. The number of cyclic esters (lactones) is 1. The first-order valence-electron chi connectivity index (χ1n) is 8.08. The summed E-state index contributed by atoms with van der Waals surface area (Å²) in [5, 5.41) is 0. The van der Waals surface area contributed by atoms with Crippen LogP contribution in [-0.4, -0.2) is 27.3 Å². The zero-order valence-corrected chi connectivity index (χ0v) is 15.2. The normalized spacial score (nSPS) is 14.8. The Bertz CT molecular complexity index is 909. The quantitative estimate of drug-likeness (QED) is 0.601. The highest BCUT2D eigenvalue weighted by molar-refractivity contribution is 6.05. The van der Waals surface area contributed by atoms with Crippen LogP contribution in [0.5, 0.6) is 17.2 Å². The SMILES string of the molecule is COc1ccc(C2=C/C(=C\c3ccc(C)c(OC)c3)C(=O)O2)c(OC)c1. The van der Waals surface area contributed by atoms with Crippen molar-refractivity contribution in [1.29, 1.82) is 0 Å². The first-order chi connectivity index (χ1) is 12.5. The van der Waals surface area contributed by atoms with Crippen LogP contribution in [0.1, 0.15) is 16.7 Å². The molecular weight excluding hydrogens is 332 g/mol. The van der Waals surface area contributed by atoms with Gasteiger partial charge in [-0.1, -0.05) is 12.1 Å². The van der Waals surface area contributed by atoms with Crippen LogP contribution in [0.2, 0.25) is 0 Å². The van der Waals surface area contributed by atoms with E-state index in [0.29, 0.717) is 28.4 Å². The number of methoxy groups -OCH3 is 3. The summed E-state index contributed by atoms with van der Waals surface area (Å²) in [4.78, 5) is 12.3. The highest BCUT2D eigenvalue weighted by Gasteiger charge is 2.24. The van der Waals surface area contributed by atoms with Gasteiger partial charge in [0.05, 0.1) is 32.5 Å². The maximum absolute atomic E-state index is 12.3. The summed E-state index contributed by atoms with van der Waals surface area (Å²) >= 11 is 0. The van der Waals surface area contributed by atoms with Crippen molar-refractivity contribution in [1.82, 2.24) is 0 Å². The summed E-state index contributed by atoms with van der Waals surface area (Å²) in [6.45, 7) is 1.97. The van der Waals surface area contributed by atoms with Gasteiger partial charge in [0.2, 0.25) is 0 Å². The largest absolute Gasteiger partial charge is 0.497 e. The molecule has 26 heavy (non-hydrogen) atoms. The number of hydrogen-bond acceptors (Lipinski definition) is 5. The average Bonchev–Trinajstić information content (AvgIpc) is 3.02. The standard InChI is InChI=1S/C21H20O5/c1-13-5-6-14(10-18(13)24-3)9-15-11-20(26-21(15)22)17-8-7-16(23-2)12-19(17)25-4/h5-12H,1-4H3/b15-9+. The molecule has 0 unspecified atom stereocenters. The van der Waals surface area contributed by atoms with E-state index in [1.54, 1.807) is 51.7 Å². The Morgan fingerprint density at radius 2 is 1.69 bits per heavy atom. The van der Waals surface area contributed by atoms with E-state index in [4.69, 9.17) is 18.9 Å². The molecule has 0 amide bonds. The highest BCUT2D eigenvalue weighted by atomic mass is 16.5. The van der Waals surface area contributed by atoms with E-state index in [2.05, 4.69) is 0 Å². The van der Waals surface area contributed by atoms with Crippen LogP contribution >= 0.6 is 0 Å². The molecule has 0 aliphatic carbocycles. The lowest BCUT2D eigenvalue weighted by Gasteiger charge is -2.10. The van der Waals surface area contributed by atoms with Gasteiger partial charge in [-0.2, -0.15) is 0 Å². The van der Waals surface area contributed by atoms with Crippen LogP contribution in [0.4, 0.5) is 0 Å². The van der Waals surface area contributed by atoms with Crippen molar-refractivity contribution in [2.24, 2.45) is 0 Å². The number of hydrogen-bond donors (Lipinski definition) is 0. The van der Waals surface area contributed by atoms with E-state index in [1.165, 1.54) is 0 Å². The van der Waals surface area contributed by atoms with Gasteiger partial charge in [-0.3, -0.25) is 0 Å². The zero-order chi connectivity index (χ0) is 18.7. The number of carbonyl (C=O) groups is 1.